The molecule has 9 heteroatoms. The molecule has 0 N–H and O–H groups in total. The second-order valence-corrected chi connectivity index (χ2v) is 5.15. The summed E-state index contributed by atoms with van der Waals surface area (Å²) in [5, 5.41) is 10.6. The third-order valence-corrected chi connectivity index (χ3v) is 3.48. The Morgan fingerprint density at radius 3 is 2.55 bits per heavy atom. The summed E-state index contributed by atoms with van der Waals surface area (Å²) in [7, 11) is 1.75. The molecule has 22 heavy (non-hydrogen) atoms. The van der Waals surface area contributed by atoms with Crippen molar-refractivity contribution in [3.8, 4) is 0 Å². The Labute approximate surface area is 124 Å². The normalized spacial score (nSPS) is 16.9. The van der Waals surface area contributed by atoms with Gasteiger partial charge in [0.15, 0.2) is 0 Å². The van der Waals surface area contributed by atoms with Crippen LogP contribution in [0, 0.1) is 10.1 Å². The molecule has 2 rings (SSSR count). The highest BCUT2D eigenvalue weighted by Crippen LogP contribution is 2.35. The summed E-state index contributed by atoms with van der Waals surface area (Å²) in [5.41, 5.74) is -1.84. The predicted octanol–water partition coefficient (Wildman–Crippen LogP) is 1.89. The van der Waals surface area contributed by atoms with Crippen molar-refractivity contribution in [2.24, 2.45) is 0 Å². The number of nitro benzene ring substituents is 1. The number of carbonyl (C=O) groups is 1. The number of nitro groups is 1. The zero-order chi connectivity index (χ0) is 16.5. The van der Waals surface area contributed by atoms with Gasteiger partial charge in [-0.2, -0.15) is 13.2 Å². The number of amides is 1. The van der Waals surface area contributed by atoms with Gasteiger partial charge in [0, 0.05) is 31.8 Å². The largest absolute Gasteiger partial charge is 0.416 e. The third kappa shape index (κ3) is 3.53. The first-order chi connectivity index (χ1) is 10.2. The summed E-state index contributed by atoms with van der Waals surface area (Å²) in [6, 6.07) is 2.59. The van der Waals surface area contributed by atoms with Crippen LogP contribution in [0.1, 0.15) is 11.1 Å². The Bertz CT molecular complexity index is 604. The molecule has 1 aromatic carbocycles. The van der Waals surface area contributed by atoms with E-state index < -0.39 is 22.4 Å². The van der Waals surface area contributed by atoms with Crippen LogP contribution < -0.4 is 0 Å². The number of non-ortho nitro benzene ring substituents is 1. The Morgan fingerprint density at radius 1 is 1.32 bits per heavy atom. The maximum Gasteiger partial charge on any atom is 0.416 e. The van der Waals surface area contributed by atoms with Gasteiger partial charge in [0.25, 0.3) is 5.69 Å². The summed E-state index contributed by atoms with van der Waals surface area (Å²) in [6.45, 7) is 0.831. The number of hydrogen-bond donors (Lipinski definition) is 0. The summed E-state index contributed by atoms with van der Waals surface area (Å²) >= 11 is 0. The number of hydrogen-bond acceptors (Lipinski definition) is 4. The Hall–Kier alpha value is -2.16. The lowest BCUT2D eigenvalue weighted by Gasteiger charge is -2.32. The van der Waals surface area contributed by atoms with E-state index in [1.807, 2.05) is 0 Å². The molecule has 0 saturated carbocycles. The molecule has 1 heterocycles. The molecule has 1 aliphatic heterocycles. The van der Waals surface area contributed by atoms with Gasteiger partial charge in [0.05, 0.1) is 17.0 Å². The van der Waals surface area contributed by atoms with Crippen LogP contribution in [0.25, 0.3) is 0 Å². The van der Waals surface area contributed by atoms with Crippen molar-refractivity contribution in [1.82, 2.24) is 9.80 Å². The van der Waals surface area contributed by atoms with E-state index in [2.05, 4.69) is 0 Å². The van der Waals surface area contributed by atoms with Gasteiger partial charge >= 0.3 is 6.18 Å². The molecule has 1 amide bonds. The fraction of sp³-hybridized carbons (Fsp3) is 0.462. The Morgan fingerprint density at radius 2 is 2.00 bits per heavy atom. The van der Waals surface area contributed by atoms with Crippen molar-refractivity contribution in [1.29, 1.82) is 0 Å². The highest BCUT2D eigenvalue weighted by atomic mass is 19.4. The van der Waals surface area contributed by atoms with Gasteiger partial charge in [-0.3, -0.25) is 19.8 Å². The summed E-state index contributed by atoms with van der Waals surface area (Å²) in [6.07, 6.45) is -4.71. The van der Waals surface area contributed by atoms with Gasteiger partial charge in [-0.1, -0.05) is 0 Å². The number of alkyl halides is 3. The molecule has 120 valence electrons. The van der Waals surface area contributed by atoms with Crippen molar-refractivity contribution in [3.63, 3.8) is 0 Å². The van der Waals surface area contributed by atoms with Gasteiger partial charge in [-0.05, 0) is 18.7 Å². The first-order valence-corrected chi connectivity index (χ1v) is 6.49. The molecule has 1 aromatic rings. The molecular weight excluding hydrogens is 303 g/mol. The Balaban J connectivity index is 2.30. The van der Waals surface area contributed by atoms with Crippen LogP contribution in [-0.4, -0.2) is 47.3 Å². The summed E-state index contributed by atoms with van der Waals surface area (Å²) in [4.78, 5) is 24.7. The number of piperazine rings is 1. The van der Waals surface area contributed by atoms with Gasteiger partial charge in [0.1, 0.15) is 0 Å². The van der Waals surface area contributed by atoms with Crippen molar-refractivity contribution in [2.45, 2.75) is 12.7 Å². The van der Waals surface area contributed by atoms with Crippen molar-refractivity contribution in [3.05, 3.63) is 39.4 Å². The predicted molar refractivity (Wildman–Crippen MR) is 71.0 cm³/mol. The second kappa shape index (κ2) is 5.91. The lowest BCUT2D eigenvalue weighted by Crippen LogP contribution is -2.48. The smallest absolute Gasteiger partial charge is 0.336 e. The van der Waals surface area contributed by atoms with Gasteiger partial charge in [0.2, 0.25) is 5.91 Å². The molecular formula is C13H14F3N3O3. The maximum atomic E-state index is 13.1. The van der Waals surface area contributed by atoms with E-state index in [0.29, 0.717) is 19.2 Å². The molecule has 0 radical (unpaired) electrons. The zero-order valence-corrected chi connectivity index (χ0v) is 11.8. The minimum Gasteiger partial charge on any atom is -0.336 e. The van der Waals surface area contributed by atoms with E-state index in [0.717, 1.165) is 12.1 Å². The van der Waals surface area contributed by atoms with Gasteiger partial charge in [-0.15, -0.1) is 0 Å². The van der Waals surface area contributed by atoms with E-state index >= 15 is 0 Å². The number of likely N-dealkylation sites (N-methyl/N-ethyl adjacent to an activating group) is 1. The molecule has 0 spiro atoms. The third-order valence-electron chi connectivity index (χ3n) is 3.48. The topological polar surface area (TPSA) is 66.7 Å². The monoisotopic (exact) mass is 317 g/mol. The summed E-state index contributed by atoms with van der Waals surface area (Å²) < 4.78 is 39.2. The van der Waals surface area contributed by atoms with E-state index in [1.165, 1.54) is 4.90 Å². The van der Waals surface area contributed by atoms with E-state index in [9.17, 15) is 28.1 Å². The second-order valence-electron chi connectivity index (χ2n) is 5.15. The van der Waals surface area contributed by atoms with Crippen LogP contribution in [0.2, 0.25) is 0 Å². The number of rotatable bonds is 3. The first-order valence-electron chi connectivity index (χ1n) is 6.49. The number of benzene rings is 1. The van der Waals surface area contributed by atoms with Crippen molar-refractivity contribution >= 4 is 11.6 Å². The van der Waals surface area contributed by atoms with Gasteiger partial charge in [-0.25, -0.2) is 0 Å². The molecule has 0 aromatic heterocycles. The zero-order valence-electron chi connectivity index (χ0n) is 11.8. The van der Waals surface area contributed by atoms with E-state index in [4.69, 9.17) is 0 Å². The lowest BCUT2D eigenvalue weighted by molar-refractivity contribution is -0.385. The molecule has 0 unspecified atom stereocenters. The molecule has 0 aliphatic carbocycles. The minimum absolute atomic E-state index is 0.143. The Kier molecular flexibility index (Phi) is 4.36. The molecule has 0 bridgehead atoms. The molecule has 1 saturated heterocycles. The van der Waals surface area contributed by atoms with Crippen LogP contribution in [-0.2, 0) is 17.5 Å². The average Bonchev–Trinajstić information content (AvgIpc) is 2.41. The lowest BCUT2D eigenvalue weighted by atomic mass is 10.0. The van der Waals surface area contributed by atoms with Crippen LogP contribution in [0.4, 0.5) is 18.9 Å². The molecule has 0 atom stereocenters. The van der Waals surface area contributed by atoms with Gasteiger partial charge < -0.3 is 4.90 Å². The van der Waals surface area contributed by atoms with Crippen LogP contribution in [0.5, 0.6) is 0 Å². The highest BCUT2D eigenvalue weighted by Gasteiger charge is 2.36. The number of halogens is 3. The average molecular weight is 317 g/mol. The maximum absolute atomic E-state index is 13.1. The fourth-order valence-corrected chi connectivity index (χ4v) is 2.28. The van der Waals surface area contributed by atoms with E-state index in [1.54, 1.807) is 11.9 Å². The van der Waals surface area contributed by atoms with Crippen molar-refractivity contribution in [2.75, 3.05) is 26.7 Å². The molecule has 6 nitrogen and oxygen atoms in total. The van der Waals surface area contributed by atoms with Crippen LogP contribution in [0.15, 0.2) is 18.2 Å². The fourth-order valence-electron chi connectivity index (χ4n) is 2.28. The standard InChI is InChI=1S/C13H14F3N3O3/c1-17-4-5-18(12(20)8-17)7-9-2-3-10(19(21)22)6-11(9)13(14,15)16/h2-3,6H,4-5,7-8H2,1H3. The van der Waals surface area contributed by atoms with Crippen molar-refractivity contribution < 1.29 is 22.9 Å². The molecule has 1 fully saturated rings. The quantitative estimate of drug-likeness (QED) is 0.631. The SMILES string of the molecule is CN1CCN(Cc2ccc([N+](=O)[O-])cc2C(F)(F)F)C(=O)C1. The van der Waals surface area contributed by atoms with E-state index in [-0.39, 0.29) is 24.6 Å². The van der Waals surface area contributed by atoms with Crippen LogP contribution in [0.3, 0.4) is 0 Å². The minimum atomic E-state index is -4.71. The van der Waals surface area contributed by atoms with Crippen LogP contribution >= 0.6 is 0 Å². The summed E-state index contributed by atoms with van der Waals surface area (Å²) in [5.74, 6) is -0.264. The first kappa shape index (κ1) is 16.2. The highest BCUT2D eigenvalue weighted by molar-refractivity contribution is 5.79. The number of nitrogens with zero attached hydrogens (tertiary/aromatic N) is 3. The number of carbonyl (C=O) groups excluding carboxylic acids is 1. The molecule has 1 aliphatic rings.